The number of thiazole rings is 1. The number of hydrogen-bond donors (Lipinski definition) is 0. The molecule has 0 aliphatic rings. The van der Waals surface area contributed by atoms with Crippen LogP contribution in [-0.2, 0) is 21.3 Å². The summed E-state index contributed by atoms with van der Waals surface area (Å²) in [5.41, 5.74) is 1.39. The number of aromatic nitrogens is 1. The Bertz CT molecular complexity index is 1460. The fourth-order valence-electron chi connectivity index (χ4n) is 3.66. The summed E-state index contributed by atoms with van der Waals surface area (Å²) >= 11 is 1.23. The van der Waals surface area contributed by atoms with Crippen molar-refractivity contribution in [2.75, 3.05) is 19.7 Å². The number of hydrogen-bond acceptors (Lipinski definition) is 6. The van der Waals surface area contributed by atoms with Gasteiger partial charge in [0.15, 0.2) is 4.80 Å². The smallest absolute Gasteiger partial charge is 0.338 e. The van der Waals surface area contributed by atoms with Crippen LogP contribution in [0.2, 0.25) is 0 Å². The van der Waals surface area contributed by atoms with Crippen LogP contribution in [0.5, 0.6) is 0 Å². The lowest BCUT2D eigenvalue weighted by atomic mass is 10.2. The molecule has 8 nitrogen and oxygen atoms in total. The average molecular weight is 528 g/mol. The van der Waals surface area contributed by atoms with Crippen LogP contribution in [0.4, 0.5) is 0 Å². The summed E-state index contributed by atoms with van der Waals surface area (Å²) in [6, 6.07) is 10.9. The largest absolute Gasteiger partial charge is 0.462 e. The summed E-state index contributed by atoms with van der Waals surface area (Å²) in [6.07, 6.45) is 6.96. The zero-order valence-corrected chi connectivity index (χ0v) is 22.2. The average Bonchev–Trinajstić information content (AvgIpc) is 3.20. The maximum absolute atomic E-state index is 13.0. The SMILES string of the molecule is C#CCn1c(=NC(=O)c2ccc(S(=O)(=O)N(CCC)CCC)cc2)sc2cc(C(=O)OCC)ccc21. The van der Waals surface area contributed by atoms with Crippen molar-refractivity contribution in [2.45, 2.75) is 45.1 Å². The maximum atomic E-state index is 13.0. The highest BCUT2D eigenvalue weighted by Gasteiger charge is 2.23. The van der Waals surface area contributed by atoms with Gasteiger partial charge in [0, 0.05) is 18.7 Å². The van der Waals surface area contributed by atoms with Crippen molar-refractivity contribution in [2.24, 2.45) is 4.99 Å². The molecule has 0 saturated heterocycles. The van der Waals surface area contributed by atoms with Crippen LogP contribution in [0, 0.1) is 12.3 Å². The Kier molecular flexibility index (Phi) is 9.20. The molecule has 3 rings (SSSR count). The summed E-state index contributed by atoms with van der Waals surface area (Å²) in [6.45, 7) is 6.92. The second kappa shape index (κ2) is 12.1. The molecular formula is C26H29N3O5S2. The second-order valence-electron chi connectivity index (χ2n) is 7.92. The number of esters is 1. The summed E-state index contributed by atoms with van der Waals surface area (Å²) in [5.74, 6) is 1.60. The van der Waals surface area contributed by atoms with E-state index in [-0.39, 0.29) is 23.6 Å². The Hall–Kier alpha value is -3.26. The van der Waals surface area contributed by atoms with Crippen molar-refractivity contribution >= 4 is 43.5 Å². The minimum atomic E-state index is -3.64. The van der Waals surface area contributed by atoms with Crippen molar-refractivity contribution in [1.82, 2.24) is 8.87 Å². The number of sulfonamides is 1. The fourth-order valence-corrected chi connectivity index (χ4v) is 6.36. The molecule has 0 atom stereocenters. The number of carbonyl (C=O) groups is 2. The Balaban J connectivity index is 1.96. The van der Waals surface area contributed by atoms with E-state index in [0.29, 0.717) is 36.3 Å². The first-order valence-electron chi connectivity index (χ1n) is 11.7. The van der Waals surface area contributed by atoms with E-state index < -0.39 is 21.9 Å². The first-order chi connectivity index (χ1) is 17.3. The van der Waals surface area contributed by atoms with Gasteiger partial charge in [-0.1, -0.05) is 31.1 Å². The highest BCUT2D eigenvalue weighted by molar-refractivity contribution is 7.89. The minimum Gasteiger partial charge on any atom is -0.462 e. The molecule has 190 valence electrons. The van der Waals surface area contributed by atoms with Crippen molar-refractivity contribution < 1.29 is 22.7 Å². The molecule has 0 unspecified atom stereocenters. The minimum absolute atomic E-state index is 0.136. The Morgan fingerprint density at radius 3 is 2.28 bits per heavy atom. The number of fused-ring (bicyclic) bond motifs is 1. The lowest BCUT2D eigenvalue weighted by molar-refractivity contribution is 0.0526. The van der Waals surface area contributed by atoms with Gasteiger partial charge in [-0.2, -0.15) is 9.30 Å². The van der Waals surface area contributed by atoms with Gasteiger partial charge in [0.2, 0.25) is 10.0 Å². The van der Waals surface area contributed by atoms with Gasteiger partial charge >= 0.3 is 5.97 Å². The van der Waals surface area contributed by atoms with Crippen LogP contribution in [0.15, 0.2) is 52.4 Å². The predicted octanol–water partition coefficient (Wildman–Crippen LogP) is 4.06. The third-order valence-corrected chi connectivity index (χ3v) is 8.28. The normalized spacial score (nSPS) is 12.1. The standard InChI is InChI=1S/C26H29N3O5S2/c1-5-15-28(16-6-2)36(32,33)21-12-9-19(10-13-21)24(30)27-26-29(17-7-3)22-14-11-20(18-23(22)35-26)25(31)34-8-4/h3,9-14,18H,5-6,8,15-17H2,1-2,4H3. The predicted molar refractivity (Wildman–Crippen MR) is 140 cm³/mol. The first kappa shape index (κ1) is 27.3. The van der Waals surface area contributed by atoms with Crippen molar-refractivity contribution in [3.05, 3.63) is 58.4 Å². The number of nitrogens with zero attached hydrogens (tertiary/aromatic N) is 3. The van der Waals surface area contributed by atoms with Gasteiger partial charge in [-0.05, 0) is 62.2 Å². The molecule has 10 heteroatoms. The molecule has 0 spiro atoms. The molecule has 0 fully saturated rings. The Morgan fingerprint density at radius 1 is 1.06 bits per heavy atom. The fraction of sp³-hybridized carbons (Fsp3) is 0.346. The number of rotatable bonds is 10. The molecule has 0 aliphatic carbocycles. The highest BCUT2D eigenvalue weighted by atomic mass is 32.2. The zero-order chi connectivity index (χ0) is 26.3. The topological polar surface area (TPSA) is 98.0 Å². The van der Waals surface area contributed by atoms with E-state index >= 15 is 0 Å². The van der Waals surface area contributed by atoms with Gasteiger partial charge in [0.1, 0.15) is 0 Å². The molecule has 1 amide bonds. The van der Waals surface area contributed by atoms with Crippen LogP contribution in [-0.4, -0.2) is 48.9 Å². The van der Waals surface area contributed by atoms with Gasteiger partial charge in [-0.25, -0.2) is 13.2 Å². The van der Waals surface area contributed by atoms with Crippen LogP contribution < -0.4 is 4.80 Å². The Morgan fingerprint density at radius 2 is 1.69 bits per heavy atom. The van der Waals surface area contributed by atoms with Crippen molar-refractivity contribution in [1.29, 1.82) is 0 Å². The highest BCUT2D eigenvalue weighted by Crippen LogP contribution is 2.21. The molecule has 0 bridgehead atoms. The zero-order valence-electron chi connectivity index (χ0n) is 20.6. The van der Waals surface area contributed by atoms with Gasteiger partial charge in [0.05, 0.1) is 33.8 Å². The van der Waals surface area contributed by atoms with Crippen molar-refractivity contribution in [3.8, 4) is 12.3 Å². The van der Waals surface area contributed by atoms with E-state index in [1.54, 1.807) is 29.7 Å². The molecule has 1 heterocycles. The van der Waals surface area contributed by atoms with Crippen LogP contribution in [0.25, 0.3) is 10.2 Å². The lowest BCUT2D eigenvalue weighted by Gasteiger charge is -2.21. The number of terminal acetylenes is 1. The molecule has 0 N–H and O–H groups in total. The monoisotopic (exact) mass is 527 g/mol. The summed E-state index contributed by atoms with van der Waals surface area (Å²) in [7, 11) is -3.64. The third kappa shape index (κ3) is 5.93. The van der Waals surface area contributed by atoms with E-state index in [1.165, 1.54) is 39.9 Å². The van der Waals surface area contributed by atoms with Gasteiger partial charge < -0.3 is 9.30 Å². The van der Waals surface area contributed by atoms with Crippen molar-refractivity contribution in [3.63, 3.8) is 0 Å². The molecular weight excluding hydrogens is 498 g/mol. The summed E-state index contributed by atoms with van der Waals surface area (Å²) < 4.78 is 34.9. The van der Waals surface area contributed by atoms with Gasteiger partial charge in [0.25, 0.3) is 5.91 Å². The maximum Gasteiger partial charge on any atom is 0.338 e. The molecule has 0 aliphatic heterocycles. The van der Waals surface area contributed by atoms with E-state index in [1.807, 2.05) is 13.8 Å². The number of benzene rings is 2. The van der Waals surface area contributed by atoms with Crippen LogP contribution in [0.3, 0.4) is 0 Å². The molecule has 1 aromatic heterocycles. The first-order valence-corrected chi connectivity index (χ1v) is 14.0. The van der Waals surface area contributed by atoms with E-state index in [4.69, 9.17) is 11.2 Å². The second-order valence-corrected chi connectivity index (χ2v) is 10.9. The van der Waals surface area contributed by atoms with Crippen LogP contribution in [0.1, 0.15) is 54.3 Å². The van der Waals surface area contributed by atoms with E-state index in [9.17, 15) is 18.0 Å². The molecule has 36 heavy (non-hydrogen) atoms. The van der Waals surface area contributed by atoms with E-state index in [0.717, 1.165) is 10.2 Å². The summed E-state index contributed by atoms with van der Waals surface area (Å²) in [4.78, 5) is 29.8. The molecule has 2 aromatic carbocycles. The third-order valence-electron chi connectivity index (χ3n) is 5.33. The molecule has 0 saturated carbocycles. The number of carbonyl (C=O) groups excluding carboxylic acids is 2. The molecule has 0 radical (unpaired) electrons. The molecule has 3 aromatic rings. The summed E-state index contributed by atoms with van der Waals surface area (Å²) in [5, 5.41) is 0. The lowest BCUT2D eigenvalue weighted by Crippen LogP contribution is -2.32. The van der Waals surface area contributed by atoms with Gasteiger partial charge in [-0.3, -0.25) is 4.79 Å². The van der Waals surface area contributed by atoms with Gasteiger partial charge in [-0.15, -0.1) is 6.42 Å². The number of ether oxygens (including phenoxy) is 1. The van der Waals surface area contributed by atoms with Crippen LogP contribution >= 0.6 is 11.3 Å². The Labute approximate surface area is 215 Å². The van der Waals surface area contributed by atoms with E-state index in [2.05, 4.69) is 10.9 Å². The quantitative estimate of drug-likeness (QED) is 0.293. The number of amides is 1.